The Morgan fingerprint density at radius 3 is 2.52 bits per heavy atom. The normalized spacial score (nSPS) is 18.1. The first-order valence-electron chi connectivity index (χ1n) is 15.6. The number of fused-ring (bicyclic) bond motifs is 2. The van der Waals surface area contributed by atoms with Crippen molar-refractivity contribution in [3.63, 3.8) is 0 Å². The molecular formula is C34H41N7O4S. The van der Waals surface area contributed by atoms with Gasteiger partial charge in [0.1, 0.15) is 6.04 Å². The Morgan fingerprint density at radius 1 is 1.02 bits per heavy atom. The molecule has 0 radical (unpaired) electrons. The number of carbonyl (C=O) groups excluding carboxylic acids is 3. The van der Waals surface area contributed by atoms with Gasteiger partial charge in [-0.1, -0.05) is 62.4 Å². The summed E-state index contributed by atoms with van der Waals surface area (Å²) < 4.78 is 7.24. The summed E-state index contributed by atoms with van der Waals surface area (Å²) in [5.41, 5.74) is 1.98. The summed E-state index contributed by atoms with van der Waals surface area (Å²) >= 11 is 1.62. The second kappa shape index (κ2) is 15.2. The smallest absolute Gasteiger partial charge is 0.254 e. The fourth-order valence-corrected chi connectivity index (χ4v) is 6.05. The van der Waals surface area contributed by atoms with E-state index in [1.54, 1.807) is 27.4 Å². The largest absolute Gasteiger partial charge is 0.481 e. The summed E-state index contributed by atoms with van der Waals surface area (Å²) in [6, 6.07) is 17.6. The highest BCUT2D eigenvalue weighted by molar-refractivity contribution is 7.98. The van der Waals surface area contributed by atoms with E-state index < -0.39 is 12.1 Å². The minimum Gasteiger partial charge on any atom is -0.481 e. The number of benzene rings is 2. The van der Waals surface area contributed by atoms with Crippen molar-refractivity contribution in [1.82, 2.24) is 35.3 Å². The van der Waals surface area contributed by atoms with Gasteiger partial charge in [-0.3, -0.25) is 14.4 Å². The van der Waals surface area contributed by atoms with E-state index in [0.29, 0.717) is 66.8 Å². The highest BCUT2D eigenvalue weighted by Crippen LogP contribution is 2.26. The molecule has 2 N–H and O–H groups in total. The second-order valence-corrected chi connectivity index (χ2v) is 12.6. The molecule has 0 saturated carbocycles. The number of nitrogens with zero attached hydrogens (tertiary/aromatic N) is 5. The number of thioether (sulfide) groups is 1. The molecule has 0 unspecified atom stereocenters. The predicted molar refractivity (Wildman–Crippen MR) is 180 cm³/mol. The van der Waals surface area contributed by atoms with E-state index >= 15 is 0 Å². The van der Waals surface area contributed by atoms with Crippen LogP contribution in [0.25, 0.3) is 22.3 Å². The molecule has 46 heavy (non-hydrogen) atoms. The summed E-state index contributed by atoms with van der Waals surface area (Å²) in [5.74, 6) is 1.50. The molecule has 11 nitrogen and oxygen atoms in total. The van der Waals surface area contributed by atoms with E-state index in [2.05, 4.69) is 15.6 Å². The maximum Gasteiger partial charge on any atom is 0.254 e. The van der Waals surface area contributed by atoms with Crippen LogP contribution in [-0.4, -0.2) is 80.6 Å². The monoisotopic (exact) mass is 643 g/mol. The zero-order valence-electron chi connectivity index (χ0n) is 26.7. The third kappa shape index (κ3) is 7.67. The molecule has 0 saturated heterocycles. The Morgan fingerprint density at radius 2 is 1.78 bits per heavy atom. The second-order valence-electron chi connectivity index (χ2n) is 11.6. The molecule has 2 aromatic heterocycles. The Hall–Kier alpha value is -4.45. The Bertz CT molecular complexity index is 1680. The van der Waals surface area contributed by atoms with Gasteiger partial charge in [0.05, 0.1) is 30.8 Å². The van der Waals surface area contributed by atoms with Gasteiger partial charge in [-0.25, -0.2) is 14.6 Å². The van der Waals surface area contributed by atoms with Crippen LogP contribution in [0.4, 0.5) is 0 Å². The van der Waals surface area contributed by atoms with E-state index in [1.165, 1.54) is 7.11 Å². The Labute approximate surface area is 273 Å². The molecule has 2 aromatic carbocycles. The average Bonchev–Trinajstić information content (AvgIpc) is 3.49. The third-order valence-electron chi connectivity index (χ3n) is 8.07. The lowest BCUT2D eigenvalue weighted by Gasteiger charge is -2.28. The number of pyridine rings is 1. The molecule has 5 rings (SSSR count). The first-order chi connectivity index (χ1) is 22.3. The number of amides is 3. The van der Waals surface area contributed by atoms with Gasteiger partial charge in [-0.15, -0.1) is 0 Å². The number of methoxy groups -OCH3 is 1. The number of para-hydroxylation sites is 1. The van der Waals surface area contributed by atoms with Crippen LogP contribution in [0.1, 0.15) is 55.3 Å². The molecule has 12 heteroatoms. The van der Waals surface area contributed by atoms with Gasteiger partial charge < -0.3 is 20.3 Å². The van der Waals surface area contributed by atoms with Crippen LogP contribution in [0.3, 0.4) is 0 Å². The van der Waals surface area contributed by atoms with Crippen LogP contribution in [0.15, 0.2) is 60.7 Å². The number of hydrogen-bond donors (Lipinski definition) is 2. The van der Waals surface area contributed by atoms with Crippen molar-refractivity contribution in [2.75, 3.05) is 32.2 Å². The van der Waals surface area contributed by atoms with Crippen molar-refractivity contribution in [1.29, 1.82) is 0 Å². The van der Waals surface area contributed by atoms with Crippen LogP contribution in [0.2, 0.25) is 0 Å². The van der Waals surface area contributed by atoms with Crippen molar-refractivity contribution < 1.29 is 19.1 Å². The molecule has 1 aliphatic rings. The fourth-order valence-electron chi connectivity index (χ4n) is 5.58. The van der Waals surface area contributed by atoms with Gasteiger partial charge in [0.15, 0.2) is 11.6 Å². The Balaban J connectivity index is 1.56. The summed E-state index contributed by atoms with van der Waals surface area (Å²) in [7, 11) is 1.53. The van der Waals surface area contributed by atoms with Crippen molar-refractivity contribution in [3.8, 4) is 17.3 Å². The molecule has 2 atom stereocenters. The number of ether oxygens (including phenoxy) is 1. The minimum absolute atomic E-state index is 0.0336. The van der Waals surface area contributed by atoms with Gasteiger partial charge in [-0.05, 0) is 36.8 Å². The van der Waals surface area contributed by atoms with Gasteiger partial charge in [0, 0.05) is 36.5 Å². The van der Waals surface area contributed by atoms with E-state index in [9.17, 15) is 14.4 Å². The summed E-state index contributed by atoms with van der Waals surface area (Å²) in [5, 5.41) is 11.7. The standard InChI is InChI=1S/C34H41N7O4S/c1-22(2)30-32-38-31(23-11-6-5-7-12-23)39-41(32)19-18-40(17-10-15-28(42)35-27(16-20-46-4)33(43)37-30)34(44)25-21-29(45-3)36-26-14-9-8-13-24(25)26/h5-9,11-14,21-22,27,30H,10,15-20H2,1-4H3,(H,35,42)(H,37,43)/t27-,30+/m0/s1. The van der Waals surface area contributed by atoms with Crippen LogP contribution in [0.5, 0.6) is 5.88 Å². The lowest BCUT2D eigenvalue weighted by molar-refractivity contribution is -0.129. The predicted octanol–water partition coefficient (Wildman–Crippen LogP) is 4.49. The lowest BCUT2D eigenvalue weighted by atomic mass is 10.0. The van der Waals surface area contributed by atoms with Crippen LogP contribution in [-0.2, 0) is 16.1 Å². The minimum atomic E-state index is -0.692. The zero-order chi connectivity index (χ0) is 32.6. The van der Waals surface area contributed by atoms with Crippen molar-refractivity contribution in [3.05, 3.63) is 72.1 Å². The van der Waals surface area contributed by atoms with Gasteiger partial charge in [0.25, 0.3) is 5.91 Å². The summed E-state index contributed by atoms with van der Waals surface area (Å²) in [6.07, 6.45) is 3.06. The summed E-state index contributed by atoms with van der Waals surface area (Å²) in [6.45, 7) is 5.00. The molecule has 3 heterocycles. The molecule has 0 spiro atoms. The van der Waals surface area contributed by atoms with E-state index in [4.69, 9.17) is 14.8 Å². The van der Waals surface area contributed by atoms with Crippen LogP contribution in [0, 0.1) is 5.92 Å². The number of hydrogen-bond acceptors (Lipinski definition) is 8. The average molecular weight is 644 g/mol. The molecule has 4 aromatic rings. The lowest BCUT2D eigenvalue weighted by Crippen LogP contribution is -2.49. The highest BCUT2D eigenvalue weighted by Gasteiger charge is 2.30. The first kappa shape index (κ1) is 32.9. The SMILES string of the molecule is COc1cc(C(=O)N2CCCC(=O)N[C@@H](CCSC)C(=O)N[C@H](C(C)C)c3nc(-c4ccccc4)nn3CC2)c2ccccc2n1. The molecular weight excluding hydrogens is 602 g/mol. The van der Waals surface area contributed by atoms with Crippen LogP contribution < -0.4 is 15.4 Å². The molecule has 0 bridgehead atoms. The first-order valence-corrected chi connectivity index (χ1v) is 17.0. The molecule has 242 valence electrons. The van der Waals surface area contributed by atoms with Crippen LogP contribution >= 0.6 is 11.8 Å². The third-order valence-corrected chi connectivity index (χ3v) is 8.71. The number of rotatable bonds is 7. The highest BCUT2D eigenvalue weighted by atomic mass is 32.2. The zero-order valence-corrected chi connectivity index (χ0v) is 27.5. The van der Waals surface area contributed by atoms with Gasteiger partial charge >= 0.3 is 0 Å². The van der Waals surface area contributed by atoms with Gasteiger partial charge in [0.2, 0.25) is 17.7 Å². The quantitative estimate of drug-likeness (QED) is 0.301. The van der Waals surface area contributed by atoms with E-state index in [1.807, 2.05) is 74.7 Å². The van der Waals surface area contributed by atoms with E-state index in [-0.39, 0.29) is 30.1 Å². The molecule has 0 fully saturated rings. The topological polar surface area (TPSA) is 131 Å². The Kier molecular flexibility index (Phi) is 10.9. The van der Waals surface area contributed by atoms with E-state index in [0.717, 1.165) is 10.9 Å². The molecule has 1 aliphatic heterocycles. The van der Waals surface area contributed by atoms with Crippen molar-refractivity contribution in [2.45, 2.75) is 51.7 Å². The van der Waals surface area contributed by atoms with Crippen molar-refractivity contribution in [2.24, 2.45) is 5.92 Å². The van der Waals surface area contributed by atoms with Gasteiger partial charge in [-0.2, -0.15) is 16.9 Å². The maximum atomic E-state index is 14.3. The summed E-state index contributed by atoms with van der Waals surface area (Å²) in [4.78, 5) is 52.2. The van der Waals surface area contributed by atoms with Crippen molar-refractivity contribution >= 4 is 40.4 Å². The molecule has 3 amide bonds. The maximum absolute atomic E-state index is 14.3. The number of carbonyl (C=O) groups is 3. The number of nitrogens with one attached hydrogen (secondary N) is 2. The number of aromatic nitrogens is 4. The molecule has 0 aliphatic carbocycles. The fraction of sp³-hybridized carbons (Fsp3) is 0.412.